The first-order valence-corrected chi connectivity index (χ1v) is 8.27. The number of thiophene rings is 1. The molecule has 0 saturated heterocycles. The van der Waals surface area contributed by atoms with Crippen LogP contribution in [-0.2, 0) is 5.60 Å². The fourth-order valence-electron chi connectivity index (χ4n) is 2.32. The molecule has 0 radical (unpaired) electrons. The van der Waals surface area contributed by atoms with Crippen molar-refractivity contribution >= 4 is 17.2 Å². The quantitative estimate of drug-likeness (QED) is 0.756. The Morgan fingerprint density at radius 1 is 1.22 bits per heavy atom. The molecular formula is C18H18N2O2S. The lowest BCUT2D eigenvalue weighted by atomic mass is 9.99. The van der Waals surface area contributed by atoms with Crippen LogP contribution in [-0.4, -0.2) is 22.1 Å². The number of nitrogens with zero attached hydrogens (tertiary/aromatic N) is 1. The normalized spacial score (nSPS) is 13.5. The highest BCUT2D eigenvalue weighted by Gasteiger charge is 2.24. The molecule has 0 aliphatic heterocycles. The Bertz CT molecular complexity index is 760. The maximum absolute atomic E-state index is 12.2. The lowest BCUT2D eigenvalue weighted by molar-refractivity contribution is 0.0530. The highest BCUT2D eigenvalue weighted by atomic mass is 32.1. The van der Waals surface area contributed by atoms with Crippen LogP contribution in [0.3, 0.4) is 0 Å². The third kappa shape index (κ3) is 3.52. The maximum Gasteiger partial charge on any atom is 0.251 e. The van der Waals surface area contributed by atoms with Gasteiger partial charge in [-0.2, -0.15) is 11.3 Å². The van der Waals surface area contributed by atoms with Crippen LogP contribution in [0.15, 0.2) is 65.6 Å². The van der Waals surface area contributed by atoms with Crippen molar-refractivity contribution in [2.75, 3.05) is 6.54 Å². The fraction of sp³-hybridized carbons (Fsp3) is 0.167. The van der Waals surface area contributed by atoms with E-state index in [-0.39, 0.29) is 12.5 Å². The molecule has 3 aromatic rings. The minimum Gasteiger partial charge on any atom is -0.384 e. The van der Waals surface area contributed by atoms with Crippen LogP contribution >= 0.6 is 11.3 Å². The van der Waals surface area contributed by atoms with Crippen LogP contribution in [0.1, 0.15) is 22.8 Å². The summed E-state index contributed by atoms with van der Waals surface area (Å²) in [5.74, 6) is -0.195. The molecule has 1 amide bonds. The van der Waals surface area contributed by atoms with E-state index >= 15 is 0 Å². The number of benzene rings is 1. The average molecular weight is 326 g/mol. The van der Waals surface area contributed by atoms with Gasteiger partial charge in [0.05, 0.1) is 6.54 Å². The van der Waals surface area contributed by atoms with Gasteiger partial charge in [-0.15, -0.1) is 0 Å². The van der Waals surface area contributed by atoms with Crippen molar-refractivity contribution in [3.63, 3.8) is 0 Å². The van der Waals surface area contributed by atoms with Gasteiger partial charge >= 0.3 is 0 Å². The average Bonchev–Trinajstić information content (AvgIpc) is 3.26. The standard InChI is InChI=1S/C18H18N2O2S/c1-18(22,15-8-11-23-12-15)13-19-17(21)14-4-6-16(7-5-14)20-9-2-3-10-20/h2-12,22H,13H2,1H3,(H,19,21). The van der Waals surface area contributed by atoms with Gasteiger partial charge in [-0.1, -0.05) is 0 Å². The van der Waals surface area contributed by atoms with Gasteiger partial charge in [0.2, 0.25) is 0 Å². The Morgan fingerprint density at radius 3 is 2.52 bits per heavy atom. The van der Waals surface area contributed by atoms with E-state index in [1.165, 1.54) is 11.3 Å². The van der Waals surface area contributed by atoms with E-state index in [0.717, 1.165) is 11.3 Å². The van der Waals surface area contributed by atoms with Crippen LogP contribution in [0.5, 0.6) is 0 Å². The fourth-order valence-corrected chi connectivity index (χ4v) is 3.10. The first kappa shape index (κ1) is 15.5. The number of amides is 1. The Morgan fingerprint density at radius 2 is 1.91 bits per heavy atom. The smallest absolute Gasteiger partial charge is 0.251 e. The van der Waals surface area contributed by atoms with Crippen molar-refractivity contribution in [2.24, 2.45) is 0 Å². The van der Waals surface area contributed by atoms with Crippen LogP contribution in [0.2, 0.25) is 0 Å². The molecule has 0 fully saturated rings. The molecule has 0 saturated carbocycles. The molecule has 0 spiro atoms. The summed E-state index contributed by atoms with van der Waals surface area (Å²) in [6.45, 7) is 1.87. The summed E-state index contributed by atoms with van der Waals surface area (Å²) in [4.78, 5) is 12.2. The van der Waals surface area contributed by atoms with Gasteiger partial charge in [0.15, 0.2) is 0 Å². The molecule has 0 aliphatic carbocycles. The molecule has 2 heterocycles. The van der Waals surface area contributed by atoms with Gasteiger partial charge in [0, 0.05) is 23.6 Å². The number of hydrogen-bond acceptors (Lipinski definition) is 3. The Hall–Kier alpha value is -2.37. The van der Waals surface area contributed by atoms with Crippen molar-refractivity contribution in [3.8, 4) is 5.69 Å². The monoisotopic (exact) mass is 326 g/mol. The van der Waals surface area contributed by atoms with Crippen LogP contribution in [0.4, 0.5) is 0 Å². The first-order valence-electron chi connectivity index (χ1n) is 7.33. The third-order valence-corrected chi connectivity index (χ3v) is 4.45. The summed E-state index contributed by atoms with van der Waals surface area (Å²) >= 11 is 1.52. The number of carbonyl (C=O) groups excluding carboxylic acids is 1. The van der Waals surface area contributed by atoms with Gasteiger partial charge in [0.1, 0.15) is 5.60 Å². The van der Waals surface area contributed by atoms with E-state index in [1.807, 2.05) is 58.1 Å². The molecule has 2 aromatic heterocycles. The predicted molar refractivity (Wildman–Crippen MR) is 92.0 cm³/mol. The van der Waals surface area contributed by atoms with E-state index in [4.69, 9.17) is 0 Å². The molecule has 23 heavy (non-hydrogen) atoms. The molecule has 4 nitrogen and oxygen atoms in total. The first-order chi connectivity index (χ1) is 11.1. The molecule has 0 aliphatic rings. The van der Waals surface area contributed by atoms with E-state index in [9.17, 15) is 9.90 Å². The zero-order valence-corrected chi connectivity index (χ0v) is 13.6. The summed E-state index contributed by atoms with van der Waals surface area (Å²) in [5.41, 5.74) is 1.31. The summed E-state index contributed by atoms with van der Waals surface area (Å²) in [6, 6.07) is 13.1. The molecule has 0 bridgehead atoms. The van der Waals surface area contributed by atoms with E-state index in [0.29, 0.717) is 5.56 Å². The number of hydrogen-bond donors (Lipinski definition) is 2. The van der Waals surface area contributed by atoms with Crippen molar-refractivity contribution in [2.45, 2.75) is 12.5 Å². The SMILES string of the molecule is CC(O)(CNC(=O)c1ccc(-n2cccc2)cc1)c1ccsc1. The molecular weight excluding hydrogens is 308 g/mol. The minimum atomic E-state index is -1.07. The molecule has 118 valence electrons. The zero-order valence-electron chi connectivity index (χ0n) is 12.8. The highest BCUT2D eigenvalue weighted by Crippen LogP contribution is 2.22. The molecule has 2 N–H and O–H groups in total. The Balaban J connectivity index is 1.64. The maximum atomic E-state index is 12.2. The van der Waals surface area contributed by atoms with Crippen molar-refractivity contribution in [3.05, 3.63) is 76.7 Å². The number of aromatic nitrogens is 1. The second kappa shape index (κ2) is 6.40. The summed E-state index contributed by atoms with van der Waals surface area (Å²) < 4.78 is 1.98. The lowest BCUT2D eigenvalue weighted by Gasteiger charge is -2.22. The second-order valence-corrected chi connectivity index (χ2v) is 6.39. The predicted octanol–water partition coefficient (Wildman–Crippen LogP) is 3.18. The highest BCUT2D eigenvalue weighted by molar-refractivity contribution is 7.08. The summed E-state index contributed by atoms with van der Waals surface area (Å²) in [5, 5.41) is 17.0. The van der Waals surface area contributed by atoms with Gasteiger partial charge < -0.3 is 15.0 Å². The molecule has 1 atom stereocenters. The topological polar surface area (TPSA) is 54.3 Å². The molecule has 5 heteroatoms. The minimum absolute atomic E-state index is 0.169. The van der Waals surface area contributed by atoms with Gasteiger partial charge in [0.25, 0.3) is 5.91 Å². The molecule has 1 aromatic carbocycles. The van der Waals surface area contributed by atoms with Crippen LogP contribution in [0.25, 0.3) is 5.69 Å². The number of carbonyl (C=O) groups is 1. The summed E-state index contributed by atoms with van der Waals surface area (Å²) in [6.07, 6.45) is 3.90. The number of rotatable bonds is 5. The number of aliphatic hydroxyl groups is 1. The zero-order chi connectivity index (χ0) is 16.3. The molecule has 3 rings (SSSR count). The molecule has 1 unspecified atom stereocenters. The number of nitrogens with one attached hydrogen (secondary N) is 1. The van der Waals surface area contributed by atoms with E-state index in [1.54, 1.807) is 19.1 Å². The largest absolute Gasteiger partial charge is 0.384 e. The van der Waals surface area contributed by atoms with Crippen LogP contribution in [0, 0.1) is 0 Å². The van der Waals surface area contributed by atoms with Gasteiger partial charge in [-0.3, -0.25) is 4.79 Å². The van der Waals surface area contributed by atoms with Crippen molar-refractivity contribution in [1.82, 2.24) is 9.88 Å². The van der Waals surface area contributed by atoms with Gasteiger partial charge in [-0.05, 0) is 65.7 Å². The lowest BCUT2D eigenvalue weighted by Crippen LogP contribution is -2.38. The summed E-state index contributed by atoms with van der Waals surface area (Å²) in [7, 11) is 0. The van der Waals surface area contributed by atoms with Crippen molar-refractivity contribution in [1.29, 1.82) is 0 Å². The Kier molecular flexibility index (Phi) is 4.32. The van der Waals surface area contributed by atoms with E-state index < -0.39 is 5.60 Å². The Labute approximate surface area is 139 Å². The van der Waals surface area contributed by atoms with Crippen LogP contribution < -0.4 is 5.32 Å². The van der Waals surface area contributed by atoms with Crippen molar-refractivity contribution < 1.29 is 9.90 Å². The second-order valence-electron chi connectivity index (χ2n) is 5.61. The third-order valence-electron chi connectivity index (χ3n) is 3.77. The van der Waals surface area contributed by atoms with E-state index in [2.05, 4.69) is 5.32 Å². The van der Waals surface area contributed by atoms with Gasteiger partial charge in [-0.25, -0.2) is 0 Å².